The van der Waals surface area contributed by atoms with Crippen LogP contribution in [0.25, 0.3) is 11.4 Å². The molecule has 0 aliphatic rings. The topological polar surface area (TPSA) is 65.2 Å². The predicted octanol–water partition coefficient (Wildman–Crippen LogP) is 1.95. The number of aromatic nitrogens is 2. The Bertz CT molecular complexity index is 519. The highest BCUT2D eigenvalue weighted by Crippen LogP contribution is 2.21. The van der Waals surface area contributed by atoms with Gasteiger partial charge in [0.2, 0.25) is 11.6 Å². The van der Waals surface area contributed by atoms with E-state index in [1.165, 1.54) is 6.92 Å². The van der Waals surface area contributed by atoms with Gasteiger partial charge >= 0.3 is 0 Å². The molecule has 0 radical (unpaired) electrons. The van der Waals surface area contributed by atoms with Crippen molar-refractivity contribution in [1.82, 2.24) is 10.1 Å². The first-order valence-electron chi connectivity index (χ1n) is 4.70. The molecule has 0 saturated heterocycles. The number of rotatable bonds is 3. The molecule has 0 saturated carbocycles. The fourth-order valence-corrected chi connectivity index (χ4v) is 1.25. The normalized spacial score (nSPS) is 10.1. The third kappa shape index (κ3) is 1.93. The first-order chi connectivity index (χ1) is 7.70. The lowest BCUT2D eigenvalue weighted by Gasteiger charge is -1.99. The molecule has 1 aromatic heterocycles. The van der Waals surface area contributed by atoms with E-state index in [-0.39, 0.29) is 11.7 Å². The van der Waals surface area contributed by atoms with Crippen molar-refractivity contribution in [2.75, 3.05) is 7.11 Å². The highest BCUT2D eigenvalue weighted by atomic mass is 16.5. The Kier molecular flexibility index (Phi) is 2.68. The second-order valence-electron chi connectivity index (χ2n) is 3.21. The maximum atomic E-state index is 11.0. The number of hydrogen-bond acceptors (Lipinski definition) is 5. The zero-order chi connectivity index (χ0) is 11.5. The molecule has 82 valence electrons. The summed E-state index contributed by atoms with van der Waals surface area (Å²) in [5.74, 6) is 0.843. The number of ether oxygens (including phenoxy) is 1. The number of methoxy groups -OCH3 is 1. The molecule has 5 nitrogen and oxygen atoms in total. The molecule has 0 aliphatic heterocycles. The van der Waals surface area contributed by atoms with E-state index in [1.807, 2.05) is 18.2 Å². The molecule has 1 heterocycles. The third-order valence-corrected chi connectivity index (χ3v) is 2.06. The fourth-order valence-electron chi connectivity index (χ4n) is 1.25. The van der Waals surface area contributed by atoms with Gasteiger partial charge < -0.3 is 9.26 Å². The van der Waals surface area contributed by atoms with E-state index in [0.29, 0.717) is 11.6 Å². The molecule has 1 aromatic carbocycles. The second kappa shape index (κ2) is 4.14. The Labute approximate surface area is 92.0 Å². The van der Waals surface area contributed by atoms with Crippen LogP contribution >= 0.6 is 0 Å². The molecule has 0 bridgehead atoms. The van der Waals surface area contributed by atoms with Crippen molar-refractivity contribution in [3.05, 3.63) is 30.2 Å². The van der Waals surface area contributed by atoms with Crippen molar-refractivity contribution in [2.45, 2.75) is 6.92 Å². The Balaban J connectivity index is 2.38. The van der Waals surface area contributed by atoms with Gasteiger partial charge in [-0.1, -0.05) is 17.3 Å². The van der Waals surface area contributed by atoms with Gasteiger partial charge in [0.1, 0.15) is 5.75 Å². The Hall–Kier alpha value is -2.17. The van der Waals surface area contributed by atoms with Crippen LogP contribution in [0.15, 0.2) is 28.8 Å². The van der Waals surface area contributed by atoms with Gasteiger partial charge in [-0.3, -0.25) is 4.79 Å². The molecule has 0 aliphatic carbocycles. The Morgan fingerprint density at radius 1 is 1.44 bits per heavy atom. The molecule has 0 spiro atoms. The molecular weight excluding hydrogens is 208 g/mol. The van der Waals surface area contributed by atoms with Crippen LogP contribution in [0.5, 0.6) is 5.75 Å². The van der Waals surface area contributed by atoms with E-state index in [1.54, 1.807) is 13.2 Å². The number of Topliss-reactive ketones (excluding diaryl/α,β-unsaturated/α-hetero) is 1. The lowest BCUT2D eigenvalue weighted by atomic mass is 10.2. The third-order valence-electron chi connectivity index (χ3n) is 2.06. The minimum absolute atomic E-state index is 0.0119. The van der Waals surface area contributed by atoms with E-state index in [2.05, 4.69) is 10.1 Å². The average Bonchev–Trinajstić information content (AvgIpc) is 2.78. The summed E-state index contributed by atoms with van der Waals surface area (Å²) in [5, 5.41) is 3.72. The molecule has 0 unspecified atom stereocenters. The summed E-state index contributed by atoms with van der Waals surface area (Å²) in [5.41, 5.74) is 0.746. The Morgan fingerprint density at radius 3 is 2.88 bits per heavy atom. The van der Waals surface area contributed by atoms with Crippen LogP contribution in [0.2, 0.25) is 0 Å². The van der Waals surface area contributed by atoms with E-state index in [0.717, 1.165) is 5.56 Å². The van der Waals surface area contributed by atoms with Crippen molar-refractivity contribution in [2.24, 2.45) is 0 Å². The van der Waals surface area contributed by atoms with Crippen LogP contribution in [-0.2, 0) is 0 Å². The molecular formula is C11H10N2O3. The molecule has 0 atom stereocenters. The summed E-state index contributed by atoms with van der Waals surface area (Å²) in [7, 11) is 1.58. The molecule has 0 amide bonds. The molecule has 0 N–H and O–H groups in total. The first-order valence-corrected chi connectivity index (χ1v) is 4.70. The van der Waals surface area contributed by atoms with Crippen molar-refractivity contribution in [3.63, 3.8) is 0 Å². The van der Waals surface area contributed by atoms with Crippen LogP contribution < -0.4 is 4.74 Å². The summed E-state index contributed by atoms with van der Waals surface area (Å²) >= 11 is 0. The first kappa shape index (κ1) is 10.4. The minimum atomic E-state index is -0.248. The smallest absolute Gasteiger partial charge is 0.294 e. The van der Waals surface area contributed by atoms with E-state index >= 15 is 0 Å². The van der Waals surface area contributed by atoms with Crippen LogP contribution in [0.3, 0.4) is 0 Å². The largest absolute Gasteiger partial charge is 0.497 e. The highest BCUT2D eigenvalue weighted by Gasteiger charge is 2.12. The van der Waals surface area contributed by atoms with Gasteiger partial charge in [-0.15, -0.1) is 0 Å². The van der Waals surface area contributed by atoms with Crippen LogP contribution in [0.1, 0.15) is 17.6 Å². The zero-order valence-electron chi connectivity index (χ0n) is 8.93. The van der Waals surface area contributed by atoms with Gasteiger partial charge in [0.15, 0.2) is 0 Å². The van der Waals surface area contributed by atoms with Gasteiger partial charge in [0.25, 0.3) is 5.89 Å². The van der Waals surface area contributed by atoms with Gasteiger partial charge in [0, 0.05) is 12.5 Å². The quantitative estimate of drug-likeness (QED) is 0.736. The molecule has 16 heavy (non-hydrogen) atoms. The summed E-state index contributed by atoms with van der Waals surface area (Å²) in [6, 6.07) is 7.22. The SMILES string of the molecule is COc1cccc(-c2noc(C(C)=O)n2)c1. The maximum Gasteiger partial charge on any atom is 0.294 e. The van der Waals surface area contributed by atoms with Crippen LogP contribution in [0.4, 0.5) is 0 Å². The highest BCUT2D eigenvalue weighted by molar-refractivity contribution is 5.89. The molecule has 5 heteroatoms. The lowest BCUT2D eigenvalue weighted by molar-refractivity contribution is 0.0972. The number of nitrogens with zero attached hydrogens (tertiary/aromatic N) is 2. The molecule has 0 fully saturated rings. The molecule has 2 rings (SSSR count). The monoisotopic (exact) mass is 218 g/mol. The van der Waals surface area contributed by atoms with E-state index in [9.17, 15) is 4.79 Å². The maximum absolute atomic E-state index is 11.0. The van der Waals surface area contributed by atoms with Gasteiger partial charge in [-0.05, 0) is 12.1 Å². The predicted molar refractivity (Wildman–Crippen MR) is 56.3 cm³/mol. The molecule has 2 aromatic rings. The summed E-state index contributed by atoms with van der Waals surface area (Å²) in [4.78, 5) is 15.0. The summed E-state index contributed by atoms with van der Waals surface area (Å²) in [6.07, 6.45) is 0. The zero-order valence-corrected chi connectivity index (χ0v) is 8.93. The van der Waals surface area contributed by atoms with Crippen molar-refractivity contribution in [1.29, 1.82) is 0 Å². The minimum Gasteiger partial charge on any atom is -0.497 e. The van der Waals surface area contributed by atoms with Crippen molar-refractivity contribution < 1.29 is 14.1 Å². The number of hydrogen-bond donors (Lipinski definition) is 0. The summed E-state index contributed by atoms with van der Waals surface area (Å²) in [6.45, 7) is 1.38. The van der Waals surface area contributed by atoms with Gasteiger partial charge in [-0.25, -0.2) is 0 Å². The second-order valence-corrected chi connectivity index (χ2v) is 3.21. The van der Waals surface area contributed by atoms with Crippen LogP contribution in [0, 0.1) is 0 Å². The average molecular weight is 218 g/mol. The number of carbonyl (C=O) groups excluding carboxylic acids is 1. The number of ketones is 1. The summed E-state index contributed by atoms with van der Waals surface area (Å²) < 4.78 is 9.88. The van der Waals surface area contributed by atoms with E-state index < -0.39 is 0 Å². The van der Waals surface area contributed by atoms with Crippen molar-refractivity contribution >= 4 is 5.78 Å². The van der Waals surface area contributed by atoms with E-state index in [4.69, 9.17) is 9.26 Å². The lowest BCUT2D eigenvalue weighted by Crippen LogP contribution is -1.91. The number of benzene rings is 1. The van der Waals surface area contributed by atoms with Gasteiger partial charge in [-0.2, -0.15) is 4.98 Å². The van der Waals surface area contributed by atoms with Crippen LogP contribution in [-0.4, -0.2) is 23.0 Å². The standard InChI is InChI=1S/C11H10N2O3/c1-7(14)11-12-10(13-16-11)8-4-3-5-9(6-8)15-2/h3-6H,1-2H3. The van der Waals surface area contributed by atoms with Crippen molar-refractivity contribution in [3.8, 4) is 17.1 Å². The number of carbonyl (C=O) groups is 1. The fraction of sp³-hybridized carbons (Fsp3) is 0.182. The van der Waals surface area contributed by atoms with Gasteiger partial charge in [0.05, 0.1) is 7.11 Å². The Morgan fingerprint density at radius 2 is 2.25 bits per heavy atom.